The van der Waals surface area contributed by atoms with E-state index in [2.05, 4.69) is 10.1 Å². The molecule has 102 valence electrons. The molecule has 1 aromatic heterocycles. The molecule has 1 aliphatic carbocycles. The zero-order chi connectivity index (χ0) is 12.5. The second-order valence-corrected chi connectivity index (χ2v) is 5.75. The molecule has 1 unspecified atom stereocenters. The summed E-state index contributed by atoms with van der Waals surface area (Å²) < 4.78 is 1.54. The summed E-state index contributed by atoms with van der Waals surface area (Å²) in [7, 11) is 0. The molecule has 4 nitrogen and oxygen atoms in total. The molecule has 1 saturated carbocycles. The second kappa shape index (κ2) is 5.97. The van der Waals surface area contributed by atoms with Gasteiger partial charge in [-0.1, -0.05) is 23.2 Å². The van der Waals surface area contributed by atoms with E-state index in [9.17, 15) is 5.11 Å². The van der Waals surface area contributed by atoms with Gasteiger partial charge in [0.05, 0.1) is 11.4 Å². The number of rotatable bonds is 5. The smallest absolute Gasteiger partial charge is 0.137 e. The van der Waals surface area contributed by atoms with E-state index in [0.717, 1.165) is 12.8 Å². The molecule has 0 aromatic carbocycles. The Morgan fingerprint density at radius 1 is 1.56 bits per heavy atom. The van der Waals surface area contributed by atoms with Crippen LogP contribution in [0.2, 0.25) is 0 Å². The van der Waals surface area contributed by atoms with E-state index in [4.69, 9.17) is 34.8 Å². The van der Waals surface area contributed by atoms with Crippen molar-refractivity contribution in [2.45, 2.75) is 36.3 Å². The highest BCUT2D eigenvalue weighted by Crippen LogP contribution is 2.54. The third-order valence-electron chi connectivity index (χ3n) is 2.99. The van der Waals surface area contributed by atoms with Crippen LogP contribution in [0.4, 0.5) is 0 Å². The summed E-state index contributed by atoms with van der Waals surface area (Å²) in [6, 6.07) is 0. The number of hydrogen-bond acceptors (Lipinski definition) is 3. The minimum absolute atomic E-state index is 0. The Balaban J connectivity index is 0.00000162. The molecule has 0 radical (unpaired) electrons. The van der Waals surface area contributed by atoms with E-state index < -0.39 is 10.5 Å². The van der Waals surface area contributed by atoms with Crippen molar-refractivity contribution in [2.24, 2.45) is 0 Å². The molecule has 0 amide bonds. The van der Waals surface area contributed by atoms with Crippen LogP contribution in [0.1, 0.15) is 19.3 Å². The number of halogens is 4. The number of nitrogens with zero attached hydrogens (tertiary/aromatic N) is 3. The van der Waals surface area contributed by atoms with Gasteiger partial charge in [-0.2, -0.15) is 5.10 Å². The van der Waals surface area contributed by atoms with Crippen LogP contribution < -0.4 is 0 Å². The first-order valence-corrected chi connectivity index (χ1v) is 6.37. The predicted molar refractivity (Wildman–Crippen MR) is 74.4 cm³/mol. The summed E-state index contributed by atoms with van der Waals surface area (Å²) in [5.74, 6) is 0. The molecular weight excluding hydrogens is 320 g/mol. The summed E-state index contributed by atoms with van der Waals surface area (Å²) in [5, 5.41) is 15.0. The molecule has 1 heterocycles. The summed E-state index contributed by atoms with van der Waals surface area (Å²) in [5.41, 5.74) is 0.0845. The number of alkyl halides is 1. The van der Waals surface area contributed by atoms with Crippen molar-refractivity contribution in [3.8, 4) is 0 Å². The van der Waals surface area contributed by atoms with E-state index in [1.807, 2.05) is 0 Å². The number of aliphatic hydroxyl groups is 1. The summed E-state index contributed by atoms with van der Waals surface area (Å²) >= 11 is 17.7. The van der Waals surface area contributed by atoms with Gasteiger partial charge in [-0.15, -0.1) is 24.0 Å². The van der Waals surface area contributed by atoms with E-state index >= 15 is 0 Å². The fraction of sp³-hybridized carbons (Fsp3) is 0.600. The minimum Gasteiger partial charge on any atom is -0.386 e. The lowest BCUT2D eigenvalue weighted by Gasteiger charge is -2.32. The largest absolute Gasteiger partial charge is 0.386 e. The SMILES string of the molecule is Cl.OC(CC(Cl)=CCl)(Cn1cncn1)C1(Cl)CC1. The van der Waals surface area contributed by atoms with Crippen LogP contribution in [0.3, 0.4) is 0 Å². The van der Waals surface area contributed by atoms with Crippen LogP contribution >= 0.6 is 47.2 Å². The highest BCUT2D eigenvalue weighted by Gasteiger charge is 2.58. The van der Waals surface area contributed by atoms with Crippen LogP contribution in [0.25, 0.3) is 0 Å². The van der Waals surface area contributed by atoms with E-state index in [1.54, 1.807) is 4.68 Å². The monoisotopic (exact) mass is 331 g/mol. The first-order valence-electron chi connectivity index (χ1n) is 5.18. The van der Waals surface area contributed by atoms with Crippen molar-refractivity contribution in [2.75, 3.05) is 0 Å². The molecule has 18 heavy (non-hydrogen) atoms. The lowest BCUT2D eigenvalue weighted by molar-refractivity contribution is 0.00926. The van der Waals surface area contributed by atoms with Gasteiger partial charge in [0.25, 0.3) is 0 Å². The molecule has 1 fully saturated rings. The number of aromatic nitrogens is 3. The van der Waals surface area contributed by atoms with Gasteiger partial charge in [0, 0.05) is 17.0 Å². The Morgan fingerprint density at radius 3 is 2.67 bits per heavy atom. The molecule has 1 aliphatic rings. The maximum atomic E-state index is 10.7. The fourth-order valence-electron chi connectivity index (χ4n) is 1.83. The van der Waals surface area contributed by atoms with Crippen molar-refractivity contribution in [3.63, 3.8) is 0 Å². The van der Waals surface area contributed by atoms with Gasteiger partial charge in [0.15, 0.2) is 0 Å². The van der Waals surface area contributed by atoms with Crippen LogP contribution in [0.15, 0.2) is 23.2 Å². The van der Waals surface area contributed by atoms with E-state index in [1.165, 1.54) is 18.2 Å². The van der Waals surface area contributed by atoms with Gasteiger partial charge in [-0.3, -0.25) is 0 Å². The molecule has 8 heteroatoms. The molecule has 2 rings (SSSR count). The zero-order valence-electron chi connectivity index (χ0n) is 9.39. The van der Waals surface area contributed by atoms with Crippen molar-refractivity contribution >= 4 is 47.2 Å². The molecule has 0 aliphatic heterocycles. The van der Waals surface area contributed by atoms with Crippen LogP contribution in [-0.4, -0.2) is 30.3 Å². The molecule has 0 bridgehead atoms. The van der Waals surface area contributed by atoms with Gasteiger partial charge in [-0.05, 0) is 12.8 Å². The molecule has 1 aromatic rings. The van der Waals surface area contributed by atoms with Crippen LogP contribution in [0.5, 0.6) is 0 Å². The standard InChI is InChI=1S/C10H12Cl3N3O.ClH/c11-4-8(12)3-10(17,9(13)1-2-9)5-16-7-14-6-15-16;/h4,6-7,17H,1-3,5H2;1H. The van der Waals surface area contributed by atoms with Crippen molar-refractivity contribution < 1.29 is 5.11 Å². The lowest BCUT2D eigenvalue weighted by Crippen LogP contribution is -2.45. The van der Waals surface area contributed by atoms with Gasteiger partial charge >= 0.3 is 0 Å². The Labute approximate surface area is 126 Å². The van der Waals surface area contributed by atoms with Crippen LogP contribution in [0, 0.1) is 0 Å². The third-order valence-corrected chi connectivity index (χ3v) is 4.34. The maximum Gasteiger partial charge on any atom is 0.137 e. The van der Waals surface area contributed by atoms with Crippen LogP contribution in [-0.2, 0) is 6.54 Å². The highest BCUT2D eigenvalue weighted by molar-refractivity contribution is 6.36. The average Bonchev–Trinajstić information content (AvgIpc) is 2.85. The van der Waals surface area contributed by atoms with E-state index in [0.29, 0.717) is 5.03 Å². The van der Waals surface area contributed by atoms with Crippen molar-refractivity contribution in [3.05, 3.63) is 23.2 Å². The number of hydrogen-bond donors (Lipinski definition) is 1. The third kappa shape index (κ3) is 3.31. The van der Waals surface area contributed by atoms with Crippen molar-refractivity contribution in [1.29, 1.82) is 0 Å². The van der Waals surface area contributed by atoms with Gasteiger partial charge in [0.2, 0.25) is 0 Å². The lowest BCUT2D eigenvalue weighted by atomic mass is 9.93. The molecular formula is C10H13Cl4N3O. The molecule has 1 atom stereocenters. The molecule has 0 saturated heterocycles. The highest BCUT2D eigenvalue weighted by atomic mass is 35.5. The Hall–Kier alpha value is -0.000000000000000222. The molecule has 1 N–H and O–H groups in total. The summed E-state index contributed by atoms with van der Waals surface area (Å²) in [6.45, 7) is 0.247. The van der Waals surface area contributed by atoms with Gasteiger partial charge in [-0.25, -0.2) is 9.67 Å². The van der Waals surface area contributed by atoms with E-state index in [-0.39, 0.29) is 25.4 Å². The summed E-state index contributed by atoms with van der Waals surface area (Å²) in [4.78, 5) is 3.19. The average molecular weight is 333 g/mol. The Bertz CT molecular complexity index is 419. The predicted octanol–water partition coefficient (Wildman–Crippen LogP) is 2.91. The maximum absolute atomic E-state index is 10.7. The normalized spacial score (nSPS) is 21.0. The van der Waals surface area contributed by atoms with Gasteiger partial charge in [0.1, 0.15) is 18.3 Å². The quantitative estimate of drug-likeness (QED) is 0.843. The summed E-state index contributed by atoms with van der Waals surface area (Å²) in [6.07, 6.45) is 4.67. The first kappa shape index (κ1) is 16.1. The zero-order valence-corrected chi connectivity index (χ0v) is 12.5. The molecule has 0 spiro atoms. The minimum atomic E-state index is -1.16. The van der Waals surface area contributed by atoms with Crippen molar-refractivity contribution in [1.82, 2.24) is 14.8 Å². The fourth-order valence-corrected chi connectivity index (χ4v) is 2.35. The van der Waals surface area contributed by atoms with Gasteiger partial charge < -0.3 is 5.11 Å². The Morgan fingerprint density at radius 2 is 2.22 bits per heavy atom. The Kier molecular flexibility index (Phi) is 5.32. The topological polar surface area (TPSA) is 50.9 Å². The first-order chi connectivity index (χ1) is 7.99. The second-order valence-electron chi connectivity index (χ2n) is 4.32.